The fourth-order valence-corrected chi connectivity index (χ4v) is 5.88. The van der Waals surface area contributed by atoms with Crippen molar-refractivity contribution >= 4 is 0 Å². The molecule has 0 saturated carbocycles. The van der Waals surface area contributed by atoms with Crippen molar-refractivity contribution in [3.05, 3.63) is 146 Å². The van der Waals surface area contributed by atoms with E-state index in [0.717, 1.165) is 68.9 Å². The third-order valence-corrected chi connectivity index (χ3v) is 9.00. The Balaban J connectivity index is 0.000000184. The van der Waals surface area contributed by atoms with E-state index in [9.17, 15) is 0 Å². The highest BCUT2D eigenvalue weighted by Gasteiger charge is 2.17. The summed E-state index contributed by atoms with van der Waals surface area (Å²) >= 11 is 0. The molecule has 370 valence electrons. The molecule has 0 aliphatic rings. The summed E-state index contributed by atoms with van der Waals surface area (Å²) in [6, 6.07) is 34.0. The number of hydrogen-bond donors (Lipinski definition) is 0. The first kappa shape index (κ1) is 53.9. The number of pyridine rings is 3. The Bertz CT molecular complexity index is 2710. The Morgan fingerprint density at radius 1 is 0.394 bits per heavy atom. The van der Waals surface area contributed by atoms with Gasteiger partial charge in [-0.05, 0) is 111 Å². The fraction of sp³-hybridized carbons (Fsp3) is 0.304. The second-order valence-electron chi connectivity index (χ2n) is 17.3. The van der Waals surface area contributed by atoms with E-state index in [1.54, 1.807) is 37.2 Å². The van der Waals surface area contributed by atoms with E-state index in [-0.39, 0.29) is 0 Å². The normalized spacial score (nSPS) is 10.4. The molecule has 6 aromatic heterocycles. The van der Waals surface area contributed by atoms with Crippen molar-refractivity contribution < 1.29 is 27.8 Å². The number of aromatic nitrogens is 9. The first-order valence-electron chi connectivity index (χ1n) is 23.9. The fourth-order valence-electron chi connectivity index (χ4n) is 5.88. The molecule has 6 heterocycles. The Hall–Kier alpha value is -8.07. The van der Waals surface area contributed by atoms with Gasteiger partial charge < -0.3 is 27.8 Å². The lowest BCUT2D eigenvalue weighted by atomic mass is 10.1. The lowest BCUT2D eigenvalue weighted by Crippen LogP contribution is -2.02. The lowest BCUT2D eigenvalue weighted by molar-refractivity contribution is 0.289. The monoisotopic (exact) mass is 960 g/mol. The van der Waals surface area contributed by atoms with Crippen LogP contribution in [0.5, 0.6) is 17.2 Å². The van der Waals surface area contributed by atoms with E-state index in [2.05, 4.69) is 101 Å². The van der Waals surface area contributed by atoms with Gasteiger partial charge in [-0.1, -0.05) is 107 Å². The zero-order valence-corrected chi connectivity index (χ0v) is 42.4. The van der Waals surface area contributed by atoms with Crippen LogP contribution in [-0.2, 0) is 0 Å². The maximum Gasteiger partial charge on any atom is 0.262 e. The predicted octanol–water partition coefficient (Wildman–Crippen LogP) is 13.9. The van der Waals surface area contributed by atoms with Crippen molar-refractivity contribution in [1.82, 2.24) is 45.4 Å². The standard InChI is InChI=1S/C18H19N3O2.2C15H13N3O2.2C4H10/c1-13(2)9-12-22-16-6-4-3-5-15(16)18-20-17(21-23-18)14-7-10-19-11-8-14;2*1-2-19-13-6-4-3-5-12(13)15-17-14(18-20-15)11-7-9-16-10-8-11;2*1-4(2)3/h3-8,10-11,13H,9,12H2,1-2H3;2*3-10H,2H2,1H3;2*4H,1-3H3. The van der Waals surface area contributed by atoms with Gasteiger partial charge in [0.2, 0.25) is 17.5 Å². The molecule has 0 N–H and O–H groups in total. The van der Waals surface area contributed by atoms with Crippen molar-refractivity contribution in [3.8, 4) is 85.8 Å². The van der Waals surface area contributed by atoms with E-state index in [1.807, 2.05) is 123 Å². The molecular weight excluding hydrogens is 895 g/mol. The summed E-state index contributed by atoms with van der Waals surface area (Å²) < 4.78 is 33.1. The van der Waals surface area contributed by atoms with Crippen LogP contribution in [0.4, 0.5) is 0 Å². The maximum absolute atomic E-state index is 5.88. The molecule has 3 aromatic carbocycles. The van der Waals surface area contributed by atoms with E-state index in [4.69, 9.17) is 27.8 Å². The summed E-state index contributed by atoms with van der Waals surface area (Å²) in [5, 5.41) is 12.0. The van der Waals surface area contributed by atoms with Gasteiger partial charge in [0.05, 0.1) is 36.5 Å². The molecule has 15 heteroatoms. The quantitative estimate of drug-likeness (QED) is 0.100. The van der Waals surface area contributed by atoms with Crippen molar-refractivity contribution in [2.75, 3.05) is 19.8 Å². The highest BCUT2D eigenvalue weighted by Crippen LogP contribution is 2.32. The highest BCUT2D eigenvalue weighted by atomic mass is 16.5. The van der Waals surface area contributed by atoms with Gasteiger partial charge in [0.15, 0.2) is 0 Å². The van der Waals surface area contributed by atoms with Gasteiger partial charge in [-0.15, -0.1) is 0 Å². The van der Waals surface area contributed by atoms with Crippen molar-refractivity contribution in [1.29, 1.82) is 0 Å². The van der Waals surface area contributed by atoms with Crippen LogP contribution >= 0.6 is 0 Å². The third kappa shape index (κ3) is 17.8. The van der Waals surface area contributed by atoms with Gasteiger partial charge in [0.1, 0.15) is 17.2 Å². The number of nitrogens with zero attached hydrogens (tertiary/aromatic N) is 9. The molecule has 0 unspecified atom stereocenters. The zero-order valence-electron chi connectivity index (χ0n) is 42.4. The average molecular weight is 960 g/mol. The summed E-state index contributed by atoms with van der Waals surface area (Å²) in [6.45, 7) is 23.1. The topological polar surface area (TPSA) is 183 Å². The minimum absolute atomic E-state index is 0.445. The molecule has 0 amide bonds. The van der Waals surface area contributed by atoms with Gasteiger partial charge in [-0.25, -0.2) is 0 Å². The lowest BCUT2D eigenvalue weighted by Gasteiger charge is -2.10. The van der Waals surface area contributed by atoms with Gasteiger partial charge in [-0.3, -0.25) is 15.0 Å². The van der Waals surface area contributed by atoms with Crippen LogP contribution < -0.4 is 14.2 Å². The van der Waals surface area contributed by atoms with Crippen LogP contribution in [0.1, 0.15) is 75.7 Å². The Kier molecular flexibility index (Phi) is 22.1. The van der Waals surface area contributed by atoms with Crippen molar-refractivity contribution in [3.63, 3.8) is 0 Å². The smallest absolute Gasteiger partial charge is 0.262 e. The summed E-state index contributed by atoms with van der Waals surface area (Å²) in [5.41, 5.74) is 4.99. The second-order valence-corrected chi connectivity index (χ2v) is 17.3. The number of benzene rings is 3. The molecule has 0 fully saturated rings. The van der Waals surface area contributed by atoms with E-state index in [1.165, 1.54) is 0 Å². The molecule has 0 saturated heterocycles. The largest absolute Gasteiger partial charge is 0.493 e. The number of hydrogen-bond acceptors (Lipinski definition) is 15. The first-order chi connectivity index (χ1) is 34.5. The van der Waals surface area contributed by atoms with E-state index in [0.29, 0.717) is 60.9 Å². The molecule has 0 aliphatic heterocycles. The molecule has 15 nitrogen and oxygen atoms in total. The summed E-state index contributed by atoms with van der Waals surface area (Å²) in [7, 11) is 0. The number of ether oxygens (including phenoxy) is 3. The molecule has 0 atom stereocenters. The van der Waals surface area contributed by atoms with Gasteiger partial charge >= 0.3 is 0 Å². The maximum atomic E-state index is 5.88. The number of rotatable bonds is 14. The minimum Gasteiger partial charge on any atom is -0.493 e. The molecular formula is C56H65N9O6. The second kappa shape index (κ2) is 29.1. The highest BCUT2D eigenvalue weighted by molar-refractivity contribution is 5.67. The molecule has 0 radical (unpaired) electrons. The van der Waals surface area contributed by atoms with Crippen LogP contribution in [0.25, 0.3) is 68.5 Å². The van der Waals surface area contributed by atoms with Crippen molar-refractivity contribution in [2.24, 2.45) is 17.8 Å². The Morgan fingerprint density at radius 2 is 0.676 bits per heavy atom. The molecule has 0 spiro atoms. The summed E-state index contributed by atoms with van der Waals surface area (Å²) in [6.07, 6.45) is 11.2. The van der Waals surface area contributed by atoms with Crippen LogP contribution in [0.3, 0.4) is 0 Å². The zero-order chi connectivity index (χ0) is 50.8. The van der Waals surface area contributed by atoms with Crippen LogP contribution in [0, 0.1) is 17.8 Å². The molecule has 9 aromatic rings. The Morgan fingerprint density at radius 3 is 0.958 bits per heavy atom. The predicted molar refractivity (Wildman–Crippen MR) is 277 cm³/mol. The summed E-state index contributed by atoms with van der Waals surface area (Å²) in [5.74, 6) is 7.46. The van der Waals surface area contributed by atoms with Crippen LogP contribution in [-0.4, -0.2) is 65.2 Å². The van der Waals surface area contributed by atoms with Gasteiger partial charge in [-0.2, -0.15) is 15.0 Å². The van der Waals surface area contributed by atoms with E-state index < -0.39 is 0 Å². The van der Waals surface area contributed by atoms with Crippen LogP contribution in [0.15, 0.2) is 160 Å². The molecule has 9 rings (SSSR count). The molecule has 0 bridgehead atoms. The number of para-hydroxylation sites is 3. The van der Waals surface area contributed by atoms with Gasteiger partial charge in [0, 0.05) is 53.9 Å². The average Bonchev–Trinajstić information content (AvgIpc) is 4.19. The van der Waals surface area contributed by atoms with E-state index >= 15 is 0 Å². The van der Waals surface area contributed by atoms with Gasteiger partial charge in [0.25, 0.3) is 17.7 Å². The van der Waals surface area contributed by atoms with Crippen molar-refractivity contribution in [2.45, 2.75) is 75.7 Å². The third-order valence-electron chi connectivity index (χ3n) is 9.00. The van der Waals surface area contributed by atoms with Crippen LogP contribution in [0.2, 0.25) is 0 Å². The Labute approximate surface area is 417 Å². The molecule has 71 heavy (non-hydrogen) atoms. The molecule has 0 aliphatic carbocycles. The first-order valence-corrected chi connectivity index (χ1v) is 23.9. The summed E-state index contributed by atoms with van der Waals surface area (Å²) in [4.78, 5) is 25.2. The minimum atomic E-state index is 0.445. The SMILES string of the molecule is CC(C)C.CC(C)C.CC(C)CCOc1ccccc1-c1nc(-c2ccncc2)no1.CCOc1ccccc1-c1nc(-c2ccncc2)no1.CCOc1ccccc1-c1nc(-c2ccncc2)no1.